The van der Waals surface area contributed by atoms with E-state index in [0.717, 1.165) is 11.8 Å². The van der Waals surface area contributed by atoms with Crippen molar-refractivity contribution in [2.75, 3.05) is 0 Å². The third kappa shape index (κ3) is 5.07. The number of hydrogen-bond donors (Lipinski definition) is 0. The second-order valence-corrected chi connectivity index (χ2v) is 7.83. The van der Waals surface area contributed by atoms with Crippen LogP contribution in [0.4, 0.5) is 0 Å². The molecule has 0 amide bonds. The molecule has 0 aliphatic heterocycles. The minimum absolute atomic E-state index is 0.418. The van der Waals surface area contributed by atoms with Gasteiger partial charge in [0.25, 0.3) is 0 Å². The molecule has 2 aliphatic rings. The fraction of sp³-hybridized carbons (Fsp3) is 0.882. The normalized spacial score (nSPS) is 23.3. The molecule has 2 aliphatic carbocycles. The van der Waals surface area contributed by atoms with Gasteiger partial charge in [0.1, 0.15) is 0 Å². The minimum atomic E-state index is -0.436. The van der Waals surface area contributed by atoms with E-state index in [0.29, 0.717) is 6.10 Å². The smallest absolute Gasteiger partial charge is 0.185 e. The molecule has 19 heavy (non-hydrogen) atoms. The Labute approximate surface area is 122 Å². The molecule has 0 aromatic heterocycles. The van der Waals surface area contributed by atoms with Gasteiger partial charge in [0, 0.05) is 6.10 Å². The summed E-state index contributed by atoms with van der Waals surface area (Å²) in [5.74, 6) is 1.83. The van der Waals surface area contributed by atoms with Gasteiger partial charge >= 0.3 is 0 Å². The first-order chi connectivity index (χ1) is 9.27. The van der Waals surface area contributed by atoms with Crippen LogP contribution in [0.2, 0.25) is 0 Å². The van der Waals surface area contributed by atoms with Crippen LogP contribution in [-0.2, 0) is 4.43 Å². The zero-order valence-electron chi connectivity index (χ0n) is 13.0. The van der Waals surface area contributed by atoms with Gasteiger partial charge in [-0.25, -0.2) is 0 Å². The van der Waals surface area contributed by atoms with Crippen molar-refractivity contribution in [3.05, 3.63) is 11.3 Å². The number of allylic oxidation sites excluding steroid dienone is 1. The van der Waals surface area contributed by atoms with Crippen LogP contribution in [0.25, 0.3) is 0 Å². The van der Waals surface area contributed by atoms with Crippen molar-refractivity contribution in [2.45, 2.75) is 84.2 Å². The first-order valence-electron chi connectivity index (χ1n) is 8.59. The molecule has 0 saturated heterocycles. The molecule has 2 heteroatoms. The Kier molecular flexibility index (Phi) is 6.65. The molecule has 0 spiro atoms. The predicted molar refractivity (Wildman–Crippen MR) is 86.0 cm³/mol. The van der Waals surface area contributed by atoms with E-state index in [9.17, 15) is 0 Å². The van der Waals surface area contributed by atoms with Gasteiger partial charge in [-0.2, -0.15) is 0 Å². The molecular formula is C17H32OSi. The molecule has 0 radical (unpaired) electrons. The van der Waals surface area contributed by atoms with Crippen molar-refractivity contribution in [3.8, 4) is 0 Å². The summed E-state index contributed by atoms with van der Waals surface area (Å²) in [4.78, 5) is 0. The van der Waals surface area contributed by atoms with Crippen LogP contribution in [-0.4, -0.2) is 15.9 Å². The molecule has 0 bridgehead atoms. The van der Waals surface area contributed by atoms with Gasteiger partial charge in [-0.05, 0) is 51.4 Å². The van der Waals surface area contributed by atoms with Crippen molar-refractivity contribution in [2.24, 2.45) is 11.8 Å². The molecule has 0 unspecified atom stereocenters. The summed E-state index contributed by atoms with van der Waals surface area (Å²) >= 11 is 0. The Morgan fingerprint density at radius 1 is 0.895 bits per heavy atom. The Hall–Kier alpha value is -0.0831. The van der Waals surface area contributed by atoms with Crippen LogP contribution in [0.15, 0.2) is 11.3 Å². The molecule has 0 atom stereocenters. The topological polar surface area (TPSA) is 9.23 Å². The van der Waals surface area contributed by atoms with Gasteiger partial charge in [0.05, 0.1) is 0 Å². The summed E-state index contributed by atoms with van der Waals surface area (Å²) < 4.78 is 5.92. The van der Waals surface area contributed by atoms with Gasteiger partial charge < -0.3 is 4.43 Å². The standard InChI is InChI=1S/C17H32OSi/c1-14(2)18-19-13-17(15-9-5-3-6-10-15)16-11-7-4-8-12-16/h13-16H,3-12,19H2,1-2H3. The molecule has 2 fully saturated rings. The van der Waals surface area contributed by atoms with E-state index in [4.69, 9.17) is 4.43 Å². The van der Waals surface area contributed by atoms with Crippen molar-refractivity contribution >= 4 is 9.76 Å². The summed E-state index contributed by atoms with van der Waals surface area (Å²) in [6, 6.07) is 0. The maximum atomic E-state index is 5.92. The Balaban J connectivity index is 1.98. The molecule has 110 valence electrons. The first kappa shape index (κ1) is 15.3. The second kappa shape index (κ2) is 8.26. The lowest BCUT2D eigenvalue weighted by Gasteiger charge is -2.32. The van der Waals surface area contributed by atoms with E-state index in [1.807, 2.05) is 5.57 Å². The molecular weight excluding hydrogens is 248 g/mol. The summed E-state index contributed by atoms with van der Waals surface area (Å²) in [5, 5.41) is 0. The SMILES string of the molecule is CC(C)O[SiH2]C=C(C1CCCCC1)C1CCCCC1. The Morgan fingerprint density at radius 2 is 1.37 bits per heavy atom. The highest BCUT2D eigenvalue weighted by Crippen LogP contribution is 2.39. The molecule has 1 nitrogen and oxygen atoms in total. The van der Waals surface area contributed by atoms with Gasteiger partial charge in [-0.1, -0.05) is 49.8 Å². The van der Waals surface area contributed by atoms with Crippen LogP contribution >= 0.6 is 0 Å². The van der Waals surface area contributed by atoms with E-state index >= 15 is 0 Å². The molecule has 0 N–H and O–H groups in total. The van der Waals surface area contributed by atoms with Crippen molar-refractivity contribution in [1.29, 1.82) is 0 Å². The maximum absolute atomic E-state index is 5.92. The lowest BCUT2D eigenvalue weighted by atomic mass is 9.74. The van der Waals surface area contributed by atoms with Crippen molar-refractivity contribution in [1.82, 2.24) is 0 Å². The van der Waals surface area contributed by atoms with E-state index < -0.39 is 9.76 Å². The van der Waals surface area contributed by atoms with Crippen molar-refractivity contribution in [3.63, 3.8) is 0 Å². The largest absolute Gasteiger partial charge is 0.417 e. The van der Waals surface area contributed by atoms with Gasteiger partial charge in [-0.3, -0.25) is 0 Å². The molecule has 0 heterocycles. The fourth-order valence-electron chi connectivity index (χ4n) is 3.88. The Bertz CT molecular complexity index is 253. The first-order valence-corrected chi connectivity index (χ1v) is 9.98. The summed E-state index contributed by atoms with van der Waals surface area (Å²) in [6.45, 7) is 4.34. The van der Waals surface area contributed by atoms with Crippen LogP contribution in [0.5, 0.6) is 0 Å². The monoisotopic (exact) mass is 280 g/mol. The van der Waals surface area contributed by atoms with Gasteiger partial charge in [-0.15, -0.1) is 0 Å². The molecule has 0 aromatic carbocycles. The highest BCUT2D eigenvalue weighted by molar-refractivity contribution is 6.34. The average Bonchev–Trinajstić information content (AvgIpc) is 2.45. The zero-order valence-corrected chi connectivity index (χ0v) is 14.4. The molecule has 2 saturated carbocycles. The lowest BCUT2D eigenvalue weighted by Crippen LogP contribution is -2.20. The third-order valence-corrected chi connectivity index (χ3v) is 6.40. The van der Waals surface area contributed by atoms with E-state index in [-0.39, 0.29) is 0 Å². The van der Waals surface area contributed by atoms with E-state index in [1.165, 1.54) is 64.2 Å². The third-order valence-electron chi connectivity index (χ3n) is 4.90. The van der Waals surface area contributed by atoms with Crippen LogP contribution in [0.1, 0.15) is 78.1 Å². The van der Waals surface area contributed by atoms with Crippen molar-refractivity contribution < 1.29 is 4.43 Å². The predicted octanol–water partition coefficient (Wildman–Crippen LogP) is 4.54. The maximum Gasteiger partial charge on any atom is 0.185 e. The highest BCUT2D eigenvalue weighted by atomic mass is 28.2. The van der Waals surface area contributed by atoms with E-state index in [2.05, 4.69) is 19.5 Å². The minimum Gasteiger partial charge on any atom is -0.417 e. The van der Waals surface area contributed by atoms with Crippen LogP contribution in [0.3, 0.4) is 0 Å². The summed E-state index contributed by atoms with van der Waals surface area (Å²) in [7, 11) is -0.436. The number of rotatable bonds is 5. The Morgan fingerprint density at radius 3 is 1.79 bits per heavy atom. The average molecular weight is 281 g/mol. The van der Waals surface area contributed by atoms with E-state index in [1.54, 1.807) is 0 Å². The molecule has 2 rings (SSSR count). The molecule has 0 aromatic rings. The quantitative estimate of drug-likeness (QED) is 0.672. The summed E-state index contributed by atoms with van der Waals surface area (Å²) in [5.41, 5.74) is 4.44. The van der Waals surface area contributed by atoms with Crippen LogP contribution in [0, 0.1) is 11.8 Å². The highest BCUT2D eigenvalue weighted by Gasteiger charge is 2.25. The summed E-state index contributed by atoms with van der Waals surface area (Å²) in [6.07, 6.45) is 15.0. The fourth-order valence-corrected chi connectivity index (χ4v) is 5.22. The van der Waals surface area contributed by atoms with Crippen LogP contribution < -0.4 is 0 Å². The van der Waals surface area contributed by atoms with Gasteiger partial charge in [0.15, 0.2) is 9.76 Å². The second-order valence-electron chi connectivity index (χ2n) is 6.76. The number of hydrogen-bond acceptors (Lipinski definition) is 1. The van der Waals surface area contributed by atoms with Gasteiger partial charge in [0.2, 0.25) is 0 Å². The zero-order chi connectivity index (χ0) is 13.5. The lowest BCUT2D eigenvalue weighted by molar-refractivity contribution is 0.259.